The lowest BCUT2D eigenvalue weighted by atomic mass is 10.1. The number of thioether (sulfide) groups is 1. The lowest BCUT2D eigenvalue weighted by Crippen LogP contribution is -2.21. The Balaban J connectivity index is 1.34. The number of aliphatic imine (C=N–C) groups is 1. The van der Waals surface area contributed by atoms with Crippen LogP contribution in [0.1, 0.15) is 29.5 Å². The minimum absolute atomic E-state index is 0.0328. The van der Waals surface area contributed by atoms with Gasteiger partial charge >= 0.3 is 0 Å². The van der Waals surface area contributed by atoms with Crippen LogP contribution in [0.4, 0.5) is 5.69 Å². The van der Waals surface area contributed by atoms with Crippen LogP contribution in [0, 0.1) is 0 Å². The number of aromatic amines is 1. The van der Waals surface area contributed by atoms with Crippen LogP contribution in [-0.2, 0) is 16.0 Å². The predicted octanol–water partition coefficient (Wildman–Crippen LogP) is 3.38. The third kappa shape index (κ3) is 4.43. The summed E-state index contributed by atoms with van der Waals surface area (Å²) in [5, 5.41) is 2.87. The molecule has 2 heterocycles. The first-order chi connectivity index (χ1) is 14.0. The molecular formula is C21H18N4O3S. The molecule has 146 valence electrons. The number of amides is 2. The number of para-hydroxylation sites is 2. The molecule has 0 bridgehead atoms. The molecule has 0 saturated heterocycles. The average Bonchev–Trinajstić information content (AvgIpc) is 3.24. The number of nitrogens with one attached hydrogen (secondary N) is 2. The molecule has 1 aromatic heterocycles. The van der Waals surface area contributed by atoms with Crippen LogP contribution in [-0.4, -0.2) is 37.9 Å². The second-order valence-corrected chi connectivity index (χ2v) is 7.99. The monoisotopic (exact) mass is 406 g/mol. The molecule has 1 aliphatic rings. The van der Waals surface area contributed by atoms with Gasteiger partial charge in [0.2, 0.25) is 5.91 Å². The Bertz CT molecular complexity index is 1100. The molecule has 29 heavy (non-hydrogen) atoms. The van der Waals surface area contributed by atoms with Gasteiger partial charge in [0.1, 0.15) is 11.1 Å². The molecule has 0 spiro atoms. The van der Waals surface area contributed by atoms with E-state index in [0.29, 0.717) is 22.7 Å². The van der Waals surface area contributed by atoms with E-state index in [-0.39, 0.29) is 24.0 Å². The molecule has 0 unspecified atom stereocenters. The molecule has 0 aliphatic carbocycles. The molecule has 8 heteroatoms. The Kier molecular flexibility index (Phi) is 5.26. The Morgan fingerprint density at radius 2 is 1.90 bits per heavy atom. The van der Waals surface area contributed by atoms with E-state index in [1.165, 1.54) is 18.7 Å². The zero-order chi connectivity index (χ0) is 20.4. The molecule has 2 N–H and O–H groups in total. The van der Waals surface area contributed by atoms with Crippen LogP contribution in [0.25, 0.3) is 11.0 Å². The number of imidazole rings is 1. The standard InChI is InChI=1S/C21H18N4O3S/c1-12(26)13-6-8-14(9-7-13)22-19(27)10-17-21(28)25-20(29-17)11-18-23-15-4-2-3-5-16(15)24-18/h2-9,17H,10-11H2,1H3,(H,22,27)(H,23,24)/t17-/m0/s1. The van der Waals surface area contributed by atoms with Gasteiger partial charge in [0.15, 0.2) is 5.78 Å². The van der Waals surface area contributed by atoms with Crippen molar-refractivity contribution < 1.29 is 14.4 Å². The second kappa shape index (κ2) is 8.00. The normalized spacial score (nSPS) is 16.1. The van der Waals surface area contributed by atoms with E-state index in [1.54, 1.807) is 24.3 Å². The van der Waals surface area contributed by atoms with E-state index >= 15 is 0 Å². The first kappa shape index (κ1) is 19.1. The van der Waals surface area contributed by atoms with E-state index in [4.69, 9.17) is 0 Å². The minimum atomic E-state index is -0.536. The van der Waals surface area contributed by atoms with E-state index in [9.17, 15) is 14.4 Å². The number of hydrogen-bond acceptors (Lipinski definition) is 5. The Labute approximate surface area is 171 Å². The number of hydrogen-bond donors (Lipinski definition) is 2. The Morgan fingerprint density at radius 3 is 2.62 bits per heavy atom. The molecule has 4 rings (SSSR count). The van der Waals surface area contributed by atoms with E-state index in [2.05, 4.69) is 20.3 Å². The van der Waals surface area contributed by atoms with E-state index in [1.807, 2.05) is 24.3 Å². The van der Waals surface area contributed by atoms with Crippen molar-refractivity contribution in [2.45, 2.75) is 25.0 Å². The van der Waals surface area contributed by atoms with Gasteiger partial charge in [-0.1, -0.05) is 23.9 Å². The lowest BCUT2D eigenvalue weighted by molar-refractivity contribution is -0.121. The summed E-state index contributed by atoms with van der Waals surface area (Å²) < 4.78 is 0. The summed E-state index contributed by atoms with van der Waals surface area (Å²) in [4.78, 5) is 47.6. The highest BCUT2D eigenvalue weighted by atomic mass is 32.2. The number of H-pyrrole nitrogens is 1. The van der Waals surface area contributed by atoms with Crippen molar-refractivity contribution in [3.63, 3.8) is 0 Å². The highest BCUT2D eigenvalue weighted by Crippen LogP contribution is 2.27. The number of benzene rings is 2. The summed E-state index contributed by atoms with van der Waals surface area (Å²) in [5.74, 6) is 0.126. The topological polar surface area (TPSA) is 104 Å². The summed E-state index contributed by atoms with van der Waals surface area (Å²) in [6.45, 7) is 1.49. The number of carbonyl (C=O) groups excluding carboxylic acids is 3. The minimum Gasteiger partial charge on any atom is -0.342 e. The zero-order valence-electron chi connectivity index (χ0n) is 15.6. The molecule has 3 aromatic rings. The number of Topliss-reactive ketones (excluding diaryl/α,β-unsaturated/α-hetero) is 1. The van der Waals surface area contributed by atoms with Gasteiger partial charge in [-0.25, -0.2) is 9.98 Å². The Morgan fingerprint density at radius 1 is 1.14 bits per heavy atom. The number of carbonyl (C=O) groups is 3. The molecule has 2 aromatic carbocycles. The number of rotatable bonds is 6. The average molecular weight is 406 g/mol. The first-order valence-corrected chi connectivity index (χ1v) is 9.98. The maximum Gasteiger partial charge on any atom is 0.260 e. The van der Waals surface area contributed by atoms with Gasteiger partial charge in [-0.3, -0.25) is 14.4 Å². The van der Waals surface area contributed by atoms with E-state index < -0.39 is 5.25 Å². The van der Waals surface area contributed by atoms with Crippen LogP contribution in [0.15, 0.2) is 53.5 Å². The highest BCUT2D eigenvalue weighted by Gasteiger charge is 2.30. The summed E-state index contributed by atoms with van der Waals surface area (Å²) in [7, 11) is 0. The van der Waals surface area contributed by atoms with Crippen molar-refractivity contribution in [3.8, 4) is 0 Å². The third-order valence-electron chi connectivity index (χ3n) is 4.49. The molecule has 1 aliphatic heterocycles. The number of nitrogens with zero attached hydrogens (tertiary/aromatic N) is 2. The van der Waals surface area contributed by atoms with Crippen molar-refractivity contribution in [2.75, 3.05) is 5.32 Å². The van der Waals surface area contributed by atoms with Crippen molar-refractivity contribution in [1.82, 2.24) is 9.97 Å². The fraction of sp³-hybridized carbons (Fsp3) is 0.190. The maximum absolute atomic E-state index is 12.3. The first-order valence-electron chi connectivity index (χ1n) is 9.10. The van der Waals surface area contributed by atoms with Gasteiger partial charge < -0.3 is 10.3 Å². The van der Waals surface area contributed by atoms with Crippen LogP contribution in [0.2, 0.25) is 0 Å². The van der Waals surface area contributed by atoms with Gasteiger partial charge in [0, 0.05) is 17.7 Å². The van der Waals surface area contributed by atoms with Gasteiger partial charge in [-0.05, 0) is 43.3 Å². The second-order valence-electron chi connectivity index (χ2n) is 6.71. The third-order valence-corrected chi connectivity index (χ3v) is 5.65. The number of aromatic nitrogens is 2. The van der Waals surface area contributed by atoms with Gasteiger partial charge in [-0.15, -0.1) is 0 Å². The molecule has 0 radical (unpaired) electrons. The Hall–Kier alpha value is -3.26. The summed E-state index contributed by atoms with van der Waals surface area (Å²) >= 11 is 1.30. The van der Waals surface area contributed by atoms with Crippen LogP contribution in [0.5, 0.6) is 0 Å². The van der Waals surface area contributed by atoms with Crippen LogP contribution in [0.3, 0.4) is 0 Å². The summed E-state index contributed by atoms with van der Waals surface area (Å²) in [6, 6.07) is 14.4. The molecular weight excluding hydrogens is 388 g/mol. The molecule has 0 saturated carbocycles. The number of anilines is 1. The fourth-order valence-corrected chi connectivity index (χ4v) is 4.13. The molecule has 2 amide bonds. The van der Waals surface area contributed by atoms with Crippen molar-refractivity contribution in [3.05, 3.63) is 59.9 Å². The van der Waals surface area contributed by atoms with Gasteiger partial charge in [-0.2, -0.15) is 0 Å². The van der Waals surface area contributed by atoms with Crippen molar-refractivity contribution >= 4 is 51.1 Å². The highest BCUT2D eigenvalue weighted by molar-refractivity contribution is 8.15. The smallest absolute Gasteiger partial charge is 0.260 e. The number of fused-ring (bicyclic) bond motifs is 1. The maximum atomic E-state index is 12.3. The fourth-order valence-electron chi connectivity index (χ4n) is 3.05. The summed E-state index contributed by atoms with van der Waals surface area (Å²) in [6.07, 6.45) is 0.459. The van der Waals surface area contributed by atoms with E-state index in [0.717, 1.165) is 16.9 Å². The quantitative estimate of drug-likeness (QED) is 0.611. The lowest BCUT2D eigenvalue weighted by Gasteiger charge is -2.08. The van der Waals surface area contributed by atoms with Gasteiger partial charge in [0.25, 0.3) is 5.91 Å². The SMILES string of the molecule is CC(=O)c1ccc(NC(=O)C[C@@H]2SC(Cc3nc4ccccc4[nH]3)=NC2=O)cc1. The number of ketones is 1. The van der Waals surface area contributed by atoms with Crippen LogP contribution >= 0.6 is 11.8 Å². The summed E-state index contributed by atoms with van der Waals surface area (Å²) in [5.41, 5.74) is 2.96. The van der Waals surface area contributed by atoms with Crippen LogP contribution < -0.4 is 5.32 Å². The van der Waals surface area contributed by atoms with Crippen molar-refractivity contribution in [1.29, 1.82) is 0 Å². The zero-order valence-corrected chi connectivity index (χ0v) is 16.5. The molecule has 0 fully saturated rings. The molecule has 1 atom stereocenters. The molecule has 7 nitrogen and oxygen atoms in total. The predicted molar refractivity (Wildman–Crippen MR) is 113 cm³/mol. The van der Waals surface area contributed by atoms with Gasteiger partial charge in [0.05, 0.1) is 22.5 Å². The van der Waals surface area contributed by atoms with Crippen molar-refractivity contribution in [2.24, 2.45) is 4.99 Å². The largest absolute Gasteiger partial charge is 0.342 e.